The molecule has 0 fully saturated rings. The first-order valence-corrected chi connectivity index (χ1v) is 4.21. The highest BCUT2D eigenvalue weighted by Crippen LogP contribution is 2.07. The summed E-state index contributed by atoms with van der Waals surface area (Å²) in [6, 6.07) is 0. The first-order valence-electron chi connectivity index (χ1n) is 4.21. The quantitative estimate of drug-likeness (QED) is 0.662. The molecule has 1 heterocycles. The summed E-state index contributed by atoms with van der Waals surface area (Å²) < 4.78 is 0. The maximum absolute atomic E-state index is 4.16. The number of H-pyrrole nitrogens is 1. The Kier molecular flexibility index (Phi) is 4.59. The molecule has 0 aromatic carbocycles. The maximum Gasteiger partial charge on any atom is 0.108 e. The second-order valence-corrected chi connectivity index (χ2v) is 2.61. The summed E-state index contributed by atoms with van der Waals surface area (Å²) in [6.07, 6.45) is 1.86. The van der Waals surface area contributed by atoms with Crippen LogP contribution in [0.4, 0.5) is 0 Å². The van der Waals surface area contributed by atoms with E-state index in [-0.39, 0.29) is 0 Å². The van der Waals surface area contributed by atoms with Gasteiger partial charge in [0.05, 0.1) is 0 Å². The highest BCUT2D eigenvalue weighted by molar-refractivity contribution is 5.01. The summed E-state index contributed by atoms with van der Waals surface area (Å²) in [4.78, 5) is 7.32. The monoisotopic (exact) mass is 154 g/mol. The fourth-order valence-electron chi connectivity index (χ4n) is 0.726. The third-order valence-corrected chi connectivity index (χ3v) is 1.27. The molecule has 0 aliphatic heterocycles. The maximum atomic E-state index is 4.16. The number of aromatic amines is 1. The summed E-state index contributed by atoms with van der Waals surface area (Å²) in [7, 11) is 0. The van der Waals surface area contributed by atoms with E-state index in [2.05, 4.69) is 23.8 Å². The Labute approximate surface area is 69.1 Å². The van der Waals surface area contributed by atoms with Crippen molar-refractivity contribution in [2.75, 3.05) is 0 Å². The summed E-state index contributed by atoms with van der Waals surface area (Å²) in [6.45, 7) is 10.3. The molecular weight excluding hydrogens is 136 g/mol. The van der Waals surface area contributed by atoms with Gasteiger partial charge in [-0.05, 0) is 6.92 Å². The molecule has 1 N–H and O–H groups in total. The van der Waals surface area contributed by atoms with Crippen molar-refractivity contribution in [1.29, 1.82) is 0 Å². The minimum atomic E-state index is 0.513. The van der Waals surface area contributed by atoms with Crippen LogP contribution in [0.25, 0.3) is 0 Å². The van der Waals surface area contributed by atoms with E-state index in [1.165, 1.54) is 0 Å². The SMILES string of the molecule is CC.Cc1cnc(C(C)C)[nH]1. The van der Waals surface area contributed by atoms with E-state index in [1.807, 2.05) is 27.0 Å². The van der Waals surface area contributed by atoms with Crippen LogP contribution in [0.15, 0.2) is 6.20 Å². The normalized spacial score (nSPS) is 9.27. The topological polar surface area (TPSA) is 28.7 Å². The molecule has 0 aliphatic rings. The lowest BCUT2D eigenvalue weighted by molar-refractivity contribution is 0.792. The van der Waals surface area contributed by atoms with Gasteiger partial charge >= 0.3 is 0 Å². The molecule has 64 valence electrons. The van der Waals surface area contributed by atoms with Gasteiger partial charge in [0, 0.05) is 17.8 Å². The van der Waals surface area contributed by atoms with Crippen molar-refractivity contribution in [2.45, 2.75) is 40.5 Å². The summed E-state index contributed by atoms with van der Waals surface area (Å²) >= 11 is 0. The van der Waals surface area contributed by atoms with Gasteiger partial charge in [0.25, 0.3) is 0 Å². The van der Waals surface area contributed by atoms with Gasteiger partial charge in [-0.15, -0.1) is 0 Å². The van der Waals surface area contributed by atoms with Crippen LogP contribution in [0.2, 0.25) is 0 Å². The van der Waals surface area contributed by atoms with Gasteiger partial charge in [0.2, 0.25) is 0 Å². The molecular formula is C9H18N2. The van der Waals surface area contributed by atoms with E-state index >= 15 is 0 Å². The van der Waals surface area contributed by atoms with Crippen molar-refractivity contribution in [3.05, 3.63) is 17.7 Å². The Balaban J connectivity index is 0.000000461. The molecule has 0 atom stereocenters. The van der Waals surface area contributed by atoms with Gasteiger partial charge in [-0.3, -0.25) is 0 Å². The number of imidazole rings is 1. The highest BCUT2D eigenvalue weighted by atomic mass is 14.9. The molecule has 0 bridgehead atoms. The van der Waals surface area contributed by atoms with Crippen LogP contribution in [0, 0.1) is 6.92 Å². The lowest BCUT2D eigenvalue weighted by Gasteiger charge is -1.95. The van der Waals surface area contributed by atoms with E-state index < -0.39 is 0 Å². The van der Waals surface area contributed by atoms with Gasteiger partial charge in [0.1, 0.15) is 5.82 Å². The summed E-state index contributed by atoms with van der Waals surface area (Å²) in [5.74, 6) is 1.59. The van der Waals surface area contributed by atoms with Crippen molar-refractivity contribution in [2.24, 2.45) is 0 Å². The van der Waals surface area contributed by atoms with E-state index in [1.54, 1.807) is 0 Å². The second-order valence-electron chi connectivity index (χ2n) is 2.61. The van der Waals surface area contributed by atoms with Crippen LogP contribution in [0.1, 0.15) is 45.1 Å². The molecule has 1 aromatic heterocycles. The van der Waals surface area contributed by atoms with E-state index in [9.17, 15) is 0 Å². The molecule has 0 aliphatic carbocycles. The Morgan fingerprint density at radius 3 is 2.09 bits per heavy atom. The van der Waals surface area contributed by atoms with Crippen molar-refractivity contribution in [1.82, 2.24) is 9.97 Å². The Hall–Kier alpha value is -0.790. The molecule has 11 heavy (non-hydrogen) atoms. The lowest BCUT2D eigenvalue weighted by Crippen LogP contribution is -1.88. The third kappa shape index (κ3) is 3.21. The molecule has 0 spiro atoms. The highest BCUT2D eigenvalue weighted by Gasteiger charge is 1.99. The summed E-state index contributed by atoms with van der Waals surface area (Å²) in [5.41, 5.74) is 1.14. The molecule has 0 radical (unpaired) electrons. The number of rotatable bonds is 1. The Morgan fingerprint density at radius 2 is 1.91 bits per heavy atom. The number of hydrogen-bond donors (Lipinski definition) is 1. The van der Waals surface area contributed by atoms with Crippen molar-refractivity contribution < 1.29 is 0 Å². The van der Waals surface area contributed by atoms with Crippen molar-refractivity contribution in [3.8, 4) is 0 Å². The van der Waals surface area contributed by atoms with Crippen LogP contribution in [-0.2, 0) is 0 Å². The largest absolute Gasteiger partial charge is 0.346 e. The van der Waals surface area contributed by atoms with Crippen LogP contribution in [0.3, 0.4) is 0 Å². The standard InChI is InChI=1S/C7H12N2.C2H6/c1-5(2)7-8-4-6(3)9-7;1-2/h4-5H,1-3H3,(H,8,9);1-2H3. The minimum absolute atomic E-state index is 0.513. The molecule has 0 saturated heterocycles. The molecule has 0 amide bonds. The van der Waals surface area contributed by atoms with E-state index in [0.29, 0.717) is 5.92 Å². The van der Waals surface area contributed by atoms with Gasteiger partial charge in [-0.2, -0.15) is 0 Å². The van der Waals surface area contributed by atoms with E-state index in [0.717, 1.165) is 11.5 Å². The number of hydrogen-bond acceptors (Lipinski definition) is 1. The number of nitrogens with one attached hydrogen (secondary N) is 1. The zero-order valence-corrected chi connectivity index (χ0v) is 8.10. The van der Waals surface area contributed by atoms with Crippen LogP contribution in [-0.4, -0.2) is 9.97 Å². The van der Waals surface area contributed by atoms with Crippen molar-refractivity contribution in [3.63, 3.8) is 0 Å². The molecule has 2 heteroatoms. The van der Waals surface area contributed by atoms with Gasteiger partial charge in [-0.25, -0.2) is 4.98 Å². The molecule has 2 nitrogen and oxygen atoms in total. The predicted molar refractivity (Wildman–Crippen MR) is 48.8 cm³/mol. The molecule has 1 rings (SSSR count). The van der Waals surface area contributed by atoms with Gasteiger partial charge in [-0.1, -0.05) is 27.7 Å². The fraction of sp³-hybridized carbons (Fsp3) is 0.667. The summed E-state index contributed by atoms with van der Waals surface area (Å²) in [5, 5.41) is 0. The first-order chi connectivity index (χ1) is 5.20. The lowest BCUT2D eigenvalue weighted by atomic mass is 10.2. The zero-order chi connectivity index (χ0) is 8.85. The van der Waals surface area contributed by atoms with Gasteiger partial charge < -0.3 is 4.98 Å². The molecule has 0 unspecified atom stereocenters. The Bertz CT molecular complexity index is 189. The minimum Gasteiger partial charge on any atom is -0.346 e. The molecule has 0 saturated carbocycles. The second kappa shape index (κ2) is 4.94. The smallest absolute Gasteiger partial charge is 0.108 e. The van der Waals surface area contributed by atoms with Crippen LogP contribution >= 0.6 is 0 Å². The first kappa shape index (κ1) is 10.2. The zero-order valence-electron chi connectivity index (χ0n) is 8.10. The predicted octanol–water partition coefficient (Wildman–Crippen LogP) is 2.87. The average molecular weight is 154 g/mol. The Morgan fingerprint density at radius 1 is 1.36 bits per heavy atom. The van der Waals surface area contributed by atoms with E-state index in [4.69, 9.17) is 0 Å². The number of nitrogens with zero attached hydrogens (tertiary/aromatic N) is 1. The fourth-order valence-corrected chi connectivity index (χ4v) is 0.726. The number of aryl methyl sites for hydroxylation is 1. The average Bonchev–Trinajstić information content (AvgIpc) is 2.40. The van der Waals surface area contributed by atoms with Crippen molar-refractivity contribution >= 4 is 0 Å². The van der Waals surface area contributed by atoms with Crippen LogP contribution < -0.4 is 0 Å². The number of aromatic nitrogens is 2. The van der Waals surface area contributed by atoms with Crippen LogP contribution in [0.5, 0.6) is 0 Å². The molecule has 1 aromatic rings. The van der Waals surface area contributed by atoms with Gasteiger partial charge in [0.15, 0.2) is 0 Å². The third-order valence-electron chi connectivity index (χ3n) is 1.27.